The second kappa shape index (κ2) is 9.52. The minimum atomic E-state index is -0.269. The lowest BCUT2D eigenvalue weighted by molar-refractivity contribution is 0.0752. The number of nitriles is 1. The van der Waals surface area contributed by atoms with E-state index in [0.29, 0.717) is 30.6 Å². The van der Waals surface area contributed by atoms with Crippen molar-refractivity contribution < 1.29 is 9.18 Å². The molecule has 4 heteroatoms. The normalized spacial score (nSPS) is 13.8. The summed E-state index contributed by atoms with van der Waals surface area (Å²) in [6.45, 7) is 6.91. The summed E-state index contributed by atoms with van der Waals surface area (Å²) in [4.78, 5) is 15.3. The van der Waals surface area contributed by atoms with Crippen LogP contribution in [0.3, 0.4) is 0 Å². The van der Waals surface area contributed by atoms with E-state index in [1.807, 2.05) is 24.0 Å². The number of nitrogens with zero attached hydrogens (tertiary/aromatic N) is 2. The minimum absolute atomic E-state index is 0.0288. The van der Waals surface area contributed by atoms with E-state index < -0.39 is 0 Å². The molecule has 0 radical (unpaired) electrons. The Bertz CT molecular complexity index is 927. The first-order valence-electron chi connectivity index (χ1n) is 10.3. The first-order valence-corrected chi connectivity index (χ1v) is 10.3. The van der Waals surface area contributed by atoms with E-state index >= 15 is 0 Å². The lowest BCUT2D eigenvalue weighted by Crippen LogP contribution is -2.35. The molecular formula is C25H27FN2O. The zero-order valence-electron chi connectivity index (χ0n) is 17.0. The molecule has 0 saturated heterocycles. The van der Waals surface area contributed by atoms with Crippen LogP contribution in [0.2, 0.25) is 0 Å². The molecule has 3 nitrogen and oxygen atoms in total. The third-order valence-electron chi connectivity index (χ3n) is 5.73. The molecule has 0 N–H and O–H groups in total. The second-order valence-electron chi connectivity index (χ2n) is 7.60. The molecule has 150 valence electrons. The average Bonchev–Trinajstić information content (AvgIpc) is 2.76. The van der Waals surface area contributed by atoms with Gasteiger partial charge >= 0.3 is 0 Å². The van der Waals surface area contributed by atoms with Crippen LogP contribution in [0.15, 0.2) is 49.1 Å². The molecule has 0 aliphatic heterocycles. The Labute approximate surface area is 172 Å². The summed E-state index contributed by atoms with van der Waals surface area (Å²) >= 11 is 0. The molecule has 0 fully saturated rings. The number of carbonyl (C=O) groups excluding carboxylic acids is 1. The highest BCUT2D eigenvalue weighted by molar-refractivity contribution is 5.96. The topological polar surface area (TPSA) is 44.1 Å². The van der Waals surface area contributed by atoms with Gasteiger partial charge in [-0.05, 0) is 80.0 Å². The molecule has 29 heavy (non-hydrogen) atoms. The number of carbonyl (C=O) groups is 1. The van der Waals surface area contributed by atoms with Crippen molar-refractivity contribution in [2.75, 3.05) is 13.1 Å². The van der Waals surface area contributed by atoms with Crippen molar-refractivity contribution in [3.63, 3.8) is 0 Å². The molecular weight excluding hydrogens is 363 g/mol. The number of halogens is 1. The predicted molar refractivity (Wildman–Crippen MR) is 113 cm³/mol. The van der Waals surface area contributed by atoms with E-state index in [1.54, 1.807) is 18.2 Å². The smallest absolute Gasteiger partial charge is 0.254 e. The van der Waals surface area contributed by atoms with Gasteiger partial charge in [0.05, 0.1) is 11.6 Å². The van der Waals surface area contributed by atoms with E-state index in [-0.39, 0.29) is 17.6 Å². The largest absolute Gasteiger partial charge is 0.338 e. The highest BCUT2D eigenvalue weighted by atomic mass is 19.1. The molecule has 1 amide bonds. The van der Waals surface area contributed by atoms with Gasteiger partial charge in [0.2, 0.25) is 0 Å². The molecule has 0 spiro atoms. The van der Waals surface area contributed by atoms with Gasteiger partial charge < -0.3 is 4.90 Å². The van der Waals surface area contributed by atoms with E-state index in [9.17, 15) is 14.4 Å². The van der Waals surface area contributed by atoms with Crippen molar-refractivity contribution in [3.05, 3.63) is 82.7 Å². The Morgan fingerprint density at radius 2 is 2.00 bits per heavy atom. The van der Waals surface area contributed by atoms with Crippen LogP contribution in [-0.2, 0) is 12.8 Å². The van der Waals surface area contributed by atoms with Crippen molar-refractivity contribution in [1.29, 1.82) is 5.26 Å². The third kappa shape index (κ3) is 4.74. The minimum Gasteiger partial charge on any atom is -0.338 e. The number of allylic oxidation sites excluding steroid dienone is 1. The van der Waals surface area contributed by atoms with E-state index in [1.165, 1.54) is 12.1 Å². The van der Waals surface area contributed by atoms with Gasteiger partial charge in [0.25, 0.3) is 5.91 Å². The molecule has 1 aliphatic carbocycles. The van der Waals surface area contributed by atoms with E-state index in [4.69, 9.17) is 0 Å². The quantitative estimate of drug-likeness (QED) is 0.594. The maximum absolute atomic E-state index is 13.5. The standard InChI is InChI=1S/C25H27FN2O/c1-3-7-21(19-10-12-22(26)13-11-19)17-28(4-2)25(29)24-15-18(16-27)14-20-8-5-6-9-23(20)24/h3,10-15,21H,1,4-9,17H2,2H3/t21-/m1/s1. The first kappa shape index (κ1) is 20.8. The Kier molecular flexibility index (Phi) is 6.82. The van der Waals surface area contributed by atoms with Gasteiger partial charge in [-0.2, -0.15) is 5.26 Å². The van der Waals surface area contributed by atoms with Gasteiger partial charge in [-0.25, -0.2) is 4.39 Å². The van der Waals surface area contributed by atoms with Crippen LogP contribution in [0.5, 0.6) is 0 Å². The summed E-state index contributed by atoms with van der Waals surface area (Å²) in [5.74, 6) is -0.250. The highest BCUT2D eigenvalue weighted by Crippen LogP contribution is 2.28. The number of likely N-dealkylation sites (N-methyl/N-ethyl adjacent to an activating group) is 1. The molecule has 1 aliphatic rings. The van der Waals surface area contributed by atoms with Crippen LogP contribution in [0.25, 0.3) is 0 Å². The monoisotopic (exact) mass is 390 g/mol. The lowest BCUT2D eigenvalue weighted by atomic mass is 9.86. The average molecular weight is 391 g/mol. The summed E-state index contributed by atoms with van der Waals surface area (Å²) in [7, 11) is 0. The number of hydrogen-bond acceptors (Lipinski definition) is 2. The second-order valence-corrected chi connectivity index (χ2v) is 7.60. The van der Waals surface area contributed by atoms with Crippen LogP contribution < -0.4 is 0 Å². The van der Waals surface area contributed by atoms with Crippen molar-refractivity contribution in [1.82, 2.24) is 4.90 Å². The number of aryl methyl sites for hydroxylation is 1. The summed E-state index contributed by atoms with van der Waals surface area (Å²) in [5, 5.41) is 9.41. The predicted octanol–water partition coefficient (Wildman–Crippen LogP) is 5.40. The maximum Gasteiger partial charge on any atom is 0.254 e. The molecule has 0 unspecified atom stereocenters. The first-order chi connectivity index (χ1) is 14.1. The lowest BCUT2D eigenvalue weighted by Gasteiger charge is -2.28. The summed E-state index contributed by atoms with van der Waals surface area (Å²) in [6, 6.07) is 12.3. The number of benzene rings is 2. The molecule has 3 rings (SSSR count). The van der Waals surface area contributed by atoms with Crippen LogP contribution in [-0.4, -0.2) is 23.9 Å². The van der Waals surface area contributed by atoms with E-state index in [0.717, 1.165) is 42.4 Å². The summed E-state index contributed by atoms with van der Waals surface area (Å²) in [6.07, 6.45) is 6.51. The number of fused-ring (bicyclic) bond motifs is 1. The Hall–Kier alpha value is -2.93. The summed E-state index contributed by atoms with van der Waals surface area (Å²) < 4.78 is 13.3. The van der Waals surface area contributed by atoms with Gasteiger partial charge in [0.1, 0.15) is 5.82 Å². The van der Waals surface area contributed by atoms with Gasteiger partial charge in [-0.15, -0.1) is 6.58 Å². The molecule has 1 atom stereocenters. The Balaban J connectivity index is 1.91. The van der Waals surface area contributed by atoms with Gasteiger partial charge in [0, 0.05) is 24.6 Å². The van der Waals surface area contributed by atoms with Crippen LogP contribution in [0.1, 0.15) is 64.7 Å². The molecule has 2 aromatic rings. The molecule has 0 bridgehead atoms. The van der Waals surface area contributed by atoms with Crippen LogP contribution >= 0.6 is 0 Å². The molecule has 0 heterocycles. The van der Waals surface area contributed by atoms with Crippen molar-refractivity contribution in [2.45, 2.75) is 44.9 Å². The zero-order chi connectivity index (χ0) is 20.8. The SMILES string of the molecule is C=CC[C@H](CN(CC)C(=O)c1cc(C#N)cc2c1CCCC2)c1ccc(F)cc1. The Morgan fingerprint density at radius 1 is 1.28 bits per heavy atom. The van der Waals surface area contributed by atoms with Crippen LogP contribution in [0, 0.1) is 17.1 Å². The third-order valence-corrected chi connectivity index (χ3v) is 5.73. The fraction of sp³-hybridized carbons (Fsp3) is 0.360. The Morgan fingerprint density at radius 3 is 2.66 bits per heavy atom. The van der Waals surface area contributed by atoms with Gasteiger partial charge in [0.15, 0.2) is 0 Å². The summed E-state index contributed by atoms with van der Waals surface area (Å²) in [5.41, 5.74) is 4.44. The highest BCUT2D eigenvalue weighted by Gasteiger charge is 2.25. The fourth-order valence-corrected chi connectivity index (χ4v) is 4.17. The maximum atomic E-state index is 13.5. The van der Waals surface area contributed by atoms with Crippen molar-refractivity contribution in [2.24, 2.45) is 0 Å². The fourth-order valence-electron chi connectivity index (χ4n) is 4.17. The number of rotatable bonds is 7. The zero-order valence-corrected chi connectivity index (χ0v) is 17.0. The molecule has 0 aromatic heterocycles. The van der Waals surface area contributed by atoms with Crippen molar-refractivity contribution in [3.8, 4) is 6.07 Å². The molecule has 0 saturated carbocycles. The van der Waals surface area contributed by atoms with E-state index in [2.05, 4.69) is 12.6 Å². The number of amides is 1. The van der Waals surface area contributed by atoms with Crippen molar-refractivity contribution >= 4 is 5.91 Å². The molecule has 2 aromatic carbocycles. The number of hydrogen-bond donors (Lipinski definition) is 0. The van der Waals surface area contributed by atoms with Gasteiger partial charge in [-0.3, -0.25) is 4.79 Å². The van der Waals surface area contributed by atoms with Gasteiger partial charge in [-0.1, -0.05) is 18.2 Å². The van der Waals surface area contributed by atoms with Crippen LogP contribution in [0.4, 0.5) is 4.39 Å².